The summed E-state index contributed by atoms with van der Waals surface area (Å²) in [5.74, 6) is 0.990. The van der Waals surface area contributed by atoms with E-state index in [0.717, 1.165) is 46.4 Å². The van der Waals surface area contributed by atoms with Crippen LogP contribution in [0.3, 0.4) is 0 Å². The smallest absolute Gasteiger partial charge is 0.125 e. The zero-order chi connectivity index (χ0) is 17.9. The lowest BCUT2D eigenvalue weighted by atomic mass is 9.95. The molecule has 0 spiro atoms. The number of H-pyrrole nitrogens is 1. The van der Waals surface area contributed by atoms with Crippen LogP contribution >= 0.6 is 11.3 Å². The van der Waals surface area contributed by atoms with Crippen LogP contribution in [0.15, 0.2) is 23.8 Å². The molecule has 6 nitrogen and oxygen atoms in total. The Morgan fingerprint density at radius 1 is 1.42 bits per heavy atom. The third kappa shape index (κ3) is 2.46. The second-order valence-electron chi connectivity index (χ2n) is 7.81. The molecule has 136 valence electrons. The predicted molar refractivity (Wildman–Crippen MR) is 107 cm³/mol. The predicted octanol–water partition coefficient (Wildman–Crippen LogP) is 2.88. The van der Waals surface area contributed by atoms with Gasteiger partial charge >= 0.3 is 0 Å². The van der Waals surface area contributed by atoms with Gasteiger partial charge in [0.25, 0.3) is 0 Å². The zero-order valence-corrected chi connectivity index (χ0v) is 16.0. The average molecular weight is 369 g/mol. The Morgan fingerprint density at radius 2 is 2.31 bits per heavy atom. The molecule has 7 heteroatoms. The van der Waals surface area contributed by atoms with Crippen molar-refractivity contribution in [1.29, 1.82) is 0 Å². The van der Waals surface area contributed by atoms with Crippen molar-refractivity contribution in [3.05, 3.63) is 29.4 Å². The van der Waals surface area contributed by atoms with Crippen molar-refractivity contribution in [2.75, 3.05) is 19.6 Å². The van der Waals surface area contributed by atoms with E-state index in [-0.39, 0.29) is 6.04 Å². The lowest BCUT2D eigenvalue weighted by Gasteiger charge is -2.44. The van der Waals surface area contributed by atoms with Crippen molar-refractivity contribution in [3.63, 3.8) is 0 Å². The summed E-state index contributed by atoms with van der Waals surface area (Å²) in [5.41, 5.74) is 4.48. The summed E-state index contributed by atoms with van der Waals surface area (Å²) in [7, 11) is 0. The van der Waals surface area contributed by atoms with Crippen LogP contribution in [0.4, 0.5) is 5.69 Å². The lowest BCUT2D eigenvalue weighted by molar-refractivity contribution is 0.110. The first-order chi connectivity index (χ1) is 12.5. The van der Waals surface area contributed by atoms with Crippen molar-refractivity contribution in [2.24, 2.45) is 4.99 Å². The van der Waals surface area contributed by atoms with Gasteiger partial charge in [0.15, 0.2) is 0 Å². The van der Waals surface area contributed by atoms with Crippen LogP contribution in [0.1, 0.15) is 30.3 Å². The molecule has 5 rings (SSSR count). The second-order valence-corrected chi connectivity index (χ2v) is 8.87. The van der Waals surface area contributed by atoms with Crippen molar-refractivity contribution >= 4 is 28.6 Å². The molecule has 0 amide bonds. The third-order valence-corrected chi connectivity index (χ3v) is 7.19. The highest BCUT2D eigenvalue weighted by molar-refractivity contribution is 7.17. The quantitative estimate of drug-likeness (QED) is 0.762. The van der Waals surface area contributed by atoms with E-state index in [9.17, 15) is 0 Å². The van der Waals surface area contributed by atoms with Crippen molar-refractivity contribution in [1.82, 2.24) is 25.7 Å². The number of aromatic amines is 1. The molecular weight excluding hydrogens is 344 g/mol. The average Bonchev–Trinajstić information content (AvgIpc) is 3.31. The number of aliphatic imine (C=N–C) groups is 1. The van der Waals surface area contributed by atoms with Gasteiger partial charge in [0.1, 0.15) is 5.84 Å². The zero-order valence-electron chi connectivity index (χ0n) is 15.2. The minimum atomic E-state index is 0.227. The largest absolute Gasteiger partial charge is 0.342 e. The number of nitrogens with one attached hydrogen (secondary N) is 3. The Balaban J connectivity index is 1.45. The van der Waals surface area contributed by atoms with E-state index in [1.807, 2.05) is 13.1 Å². The van der Waals surface area contributed by atoms with Crippen molar-refractivity contribution < 1.29 is 0 Å². The molecule has 0 radical (unpaired) electrons. The highest BCUT2D eigenvalue weighted by Crippen LogP contribution is 2.42. The topological polar surface area (TPSA) is 68.3 Å². The Bertz CT molecular complexity index is 909. The monoisotopic (exact) mass is 368 g/mol. The minimum absolute atomic E-state index is 0.227. The van der Waals surface area contributed by atoms with Gasteiger partial charge in [-0.25, -0.2) is 4.99 Å². The molecule has 2 saturated heterocycles. The molecule has 3 aliphatic heterocycles. The highest BCUT2D eigenvalue weighted by Gasteiger charge is 2.42. The molecule has 0 aromatic carbocycles. The molecule has 0 aliphatic carbocycles. The van der Waals surface area contributed by atoms with Gasteiger partial charge in [-0.1, -0.05) is 6.58 Å². The molecule has 2 atom stereocenters. The fraction of sp³-hybridized carbons (Fsp3) is 0.474. The first kappa shape index (κ1) is 16.2. The Hall–Kier alpha value is -1.96. The van der Waals surface area contributed by atoms with Crippen LogP contribution in [-0.4, -0.2) is 52.1 Å². The maximum absolute atomic E-state index is 4.95. The van der Waals surface area contributed by atoms with E-state index >= 15 is 0 Å². The number of rotatable bonds is 2. The molecular formula is C19H24N6S. The van der Waals surface area contributed by atoms with Crippen LogP contribution in [0, 0.1) is 6.92 Å². The summed E-state index contributed by atoms with van der Waals surface area (Å²) in [6.45, 7) is 11.9. The normalized spacial score (nSPS) is 28.5. The maximum Gasteiger partial charge on any atom is 0.125 e. The molecule has 3 N–H and O–H groups in total. The maximum atomic E-state index is 4.95. The van der Waals surface area contributed by atoms with Crippen LogP contribution in [-0.2, 0) is 0 Å². The summed E-state index contributed by atoms with van der Waals surface area (Å²) in [6.07, 6.45) is 4.45. The molecule has 2 unspecified atom stereocenters. The Morgan fingerprint density at radius 3 is 3.12 bits per heavy atom. The number of aromatic nitrogens is 2. The number of piperazine rings is 1. The number of amidine groups is 1. The van der Waals surface area contributed by atoms with Gasteiger partial charge in [-0.3, -0.25) is 10.00 Å². The Kier molecular flexibility index (Phi) is 3.60. The SMILES string of the molecule is C=C1NC(C2CN3CCCC3(C)CN2)=Nc2cc(-c3cn[nH]c3C)sc21. The van der Waals surface area contributed by atoms with Gasteiger partial charge in [0.05, 0.1) is 28.5 Å². The molecule has 2 aromatic rings. The summed E-state index contributed by atoms with van der Waals surface area (Å²) in [6, 6.07) is 2.39. The standard InChI is InChI=1S/C19H24N6S/c1-11-13(8-21-24-11)16-7-14-17(26-16)12(2)22-18(23-14)15-9-25-6-4-5-19(25,3)10-20-15/h7-8,15,20H,2,4-6,9-10H2,1,3H3,(H,21,24)(H,22,23). The fourth-order valence-corrected chi connectivity index (χ4v) is 5.44. The van der Waals surface area contributed by atoms with E-state index in [2.05, 4.69) is 45.3 Å². The summed E-state index contributed by atoms with van der Waals surface area (Å²) in [4.78, 5) is 9.86. The van der Waals surface area contributed by atoms with Gasteiger partial charge in [-0.05, 0) is 39.3 Å². The summed E-state index contributed by atoms with van der Waals surface area (Å²) >= 11 is 1.72. The first-order valence-electron chi connectivity index (χ1n) is 9.21. The van der Waals surface area contributed by atoms with Crippen molar-refractivity contribution in [3.8, 4) is 10.4 Å². The minimum Gasteiger partial charge on any atom is -0.342 e. The van der Waals surface area contributed by atoms with Crippen molar-refractivity contribution in [2.45, 2.75) is 38.3 Å². The molecule has 2 aromatic heterocycles. The molecule has 3 aliphatic rings. The number of hydrogen-bond donors (Lipinski definition) is 3. The van der Waals surface area contributed by atoms with E-state index in [1.165, 1.54) is 24.3 Å². The van der Waals surface area contributed by atoms with Crippen LogP contribution in [0.2, 0.25) is 0 Å². The van der Waals surface area contributed by atoms with Gasteiger partial charge < -0.3 is 10.6 Å². The molecule has 2 fully saturated rings. The fourth-order valence-electron chi connectivity index (χ4n) is 4.35. The van der Waals surface area contributed by atoms with Gasteiger partial charge in [-0.15, -0.1) is 11.3 Å². The molecule has 26 heavy (non-hydrogen) atoms. The second kappa shape index (κ2) is 5.77. The molecule has 0 saturated carbocycles. The lowest BCUT2D eigenvalue weighted by Crippen LogP contribution is -2.64. The van der Waals surface area contributed by atoms with Gasteiger partial charge in [0.2, 0.25) is 0 Å². The van der Waals surface area contributed by atoms with Gasteiger partial charge in [-0.2, -0.15) is 5.10 Å². The highest BCUT2D eigenvalue weighted by atomic mass is 32.1. The molecule has 5 heterocycles. The number of fused-ring (bicyclic) bond motifs is 2. The first-order valence-corrected chi connectivity index (χ1v) is 10.0. The number of nitrogens with zero attached hydrogens (tertiary/aromatic N) is 3. The van der Waals surface area contributed by atoms with E-state index in [0.29, 0.717) is 5.54 Å². The number of thiophene rings is 1. The van der Waals surface area contributed by atoms with Gasteiger partial charge in [0, 0.05) is 34.8 Å². The van der Waals surface area contributed by atoms with Crippen LogP contribution in [0.25, 0.3) is 16.1 Å². The summed E-state index contributed by atoms with van der Waals surface area (Å²) in [5, 5.41) is 14.3. The number of hydrogen-bond acceptors (Lipinski definition) is 6. The van der Waals surface area contributed by atoms with E-state index in [1.54, 1.807) is 11.3 Å². The van der Waals surface area contributed by atoms with Crippen LogP contribution < -0.4 is 10.6 Å². The Labute approximate surface area is 157 Å². The van der Waals surface area contributed by atoms with E-state index in [4.69, 9.17) is 4.99 Å². The molecule has 0 bridgehead atoms. The third-order valence-electron chi connectivity index (χ3n) is 5.97. The van der Waals surface area contributed by atoms with Crippen LogP contribution in [0.5, 0.6) is 0 Å². The van der Waals surface area contributed by atoms with E-state index < -0.39 is 0 Å². The summed E-state index contributed by atoms with van der Waals surface area (Å²) < 4.78 is 0. The number of aryl methyl sites for hydroxylation is 1.